The van der Waals surface area contributed by atoms with Crippen molar-refractivity contribution in [3.8, 4) is 5.75 Å². The molecule has 3 aromatic rings. The number of pyridine rings is 1. The molecular formula is C23H32N6O2. The van der Waals surface area contributed by atoms with Crippen LogP contribution in [-0.2, 0) is 5.54 Å². The first-order valence-electron chi connectivity index (χ1n) is 11.3. The summed E-state index contributed by atoms with van der Waals surface area (Å²) in [5.41, 5.74) is 1.11. The lowest BCUT2D eigenvalue weighted by Crippen LogP contribution is -2.40. The van der Waals surface area contributed by atoms with Crippen molar-refractivity contribution < 1.29 is 4.74 Å². The molecule has 1 atom stereocenters. The summed E-state index contributed by atoms with van der Waals surface area (Å²) in [5, 5.41) is 13.7. The predicted molar refractivity (Wildman–Crippen MR) is 120 cm³/mol. The van der Waals surface area contributed by atoms with Crippen molar-refractivity contribution in [2.45, 2.75) is 65.0 Å². The number of nitrogens with zero attached hydrogens (tertiary/aromatic N) is 5. The minimum Gasteiger partial charge on any atom is -0.494 e. The van der Waals surface area contributed by atoms with Gasteiger partial charge in [0, 0.05) is 16.5 Å². The summed E-state index contributed by atoms with van der Waals surface area (Å²) in [6, 6.07) is 7.43. The van der Waals surface area contributed by atoms with E-state index in [1.54, 1.807) is 0 Å². The smallest absolute Gasteiger partial charge is 0.253 e. The second kappa shape index (κ2) is 8.78. The van der Waals surface area contributed by atoms with Gasteiger partial charge in [0.05, 0.1) is 12.1 Å². The lowest BCUT2D eigenvalue weighted by molar-refractivity contribution is 0.167. The third-order valence-corrected chi connectivity index (χ3v) is 6.38. The van der Waals surface area contributed by atoms with Gasteiger partial charge in [0.15, 0.2) is 5.82 Å². The molecule has 2 aromatic heterocycles. The number of piperidine rings is 1. The molecule has 0 spiro atoms. The summed E-state index contributed by atoms with van der Waals surface area (Å²) < 4.78 is 7.57. The zero-order valence-corrected chi connectivity index (χ0v) is 18.9. The van der Waals surface area contributed by atoms with Gasteiger partial charge in [-0.05, 0) is 87.8 Å². The van der Waals surface area contributed by atoms with E-state index in [4.69, 9.17) is 4.74 Å². The van der Waals surface area contributed by atoms with E-state index in [2.05, 4.69) is 46.2 Å². The first-order chi connectivity index (χ1) is 14.9. The van der Waals surface area contributed by atoms with Crippen LogP contribution in [0.1, 0.15) is 70.8 Å². The van der Waals surface area contributed by atoms with E-state index in [0.29, 0.717) is 12.2 Å². The second-order valence-electron chi connectivity index (χ2n) is 8.85. The number of aromatic amines is 1. The second-order valence-corrected chi connectivity index (χ2v) is 8.85. The molecule has 1 aromatic carbocycles. The topological polar surface area (TPSA) is 88.9 Å². The number of tetrazole rings is 1. The molecule has 1 saturated heterocycles. The van der Waals surface area contributed by atoms with Gasteiger partial charge in [-0.1, -0.05) is 13.3 Å². The van der Waals surface area contributed by atoms with Crippen molar-refractivity contribution in [1.29, 1.82) is 0 Å². The van der Waals surface area contributed by atoms with Gasteiger partial charge >= 0.3 is 0 Å². The Morgan fingerprint density at radius 2 is 1.94 bits per heavy atom. The summed E-state index contributed by atoms with van der Waals surface area (Å²) in [5.74, 6) is 1.51. The van der Waals surface area contributed by atoms with Crippen LogP contribution < -0.4 is 10.3 Å². The van der Waals surface area contributed by atoms with Crippen LogP contribution >= 0.6 is 0 Å². The molecule has 166 valence electrons. The monoisotopic (exact) mass is 424 g/mol. The van der Waals surface area contributed by atoms with Crippen LogP contribution in [0.2, 0.25) is 0 Å². The maximum atomic E-state index is 13.3. The molecule has 1 aliphatic heterocycles. The van der Waals surface area contributed by atoms with E-state index in [9.17, 15) is 4.79 Å². The van der Waals surface area contributed by atoms with Crippen molar-refractivity contribution in [3.05, 3.63) is 46.0 Å². The van der Waals surface area contributed by atoms with Crippen LogP contribution in [0.25, 0.3) is 10.9 Å². The average molecular weight is 425 g/mol. The van der Waals surface area contributed by atoms with E-state index in [0.717, 1.165) is 54.8 Å². The molecule has 0 radical (unpaired) electrons. The summed E-state index contributed by atoms with van der Waals surface area (Å²) >= 11 is 0. The van der Waals surface area contributed by atoms with Crippen molar-refractivity contribution in [2.75, 3.05) is 19.7 Å². The van der Waals surface area contributed by atoms with Gasteiger partial charge in [0.25, 0.3) is 5.56 Å². The van der Waals surface area contributed by atoms with Gasteiger partial charge in [-0.15, -0.1) is 5.10 Å². The third-order valence-electron chi connectivity index (χ3n) is 6.38. The zero-order chi connectivity index (χ0) is 22.0. The summed E-state index contributed by atoms with van der Waals surface area (Å²) in [6.07, 6.45) is 4.30. The number of ether oxygens (including phenoxy) is 1. The van der Waals surface area contributed by atoms with Gasteiger partial charge in [0.2, 0.25) is 0 Å². The Balaban J connectivity index is 1.88. The number of benzene rings is 1. The van der Waals surface area contributed by atoms with Gasteiger partial charge in [-0.25, -0.2) is 4.68 Å². The highest BCUT2D eigenvalue weighted by Gasteiger charge is 2.34. The summed E-state index contributed by atoms with van der Waals surface area (Å²) in [4.78, 5) is 18.7. The molecule has 31 heavy (non-hydrogen) atoms. The van der Waals surface area contributed by atoms with Crippen molar-refractivity contribution >= 4 is 10.9 Å². The van der Waals surface area contributed by atoms with Gasteiger partial charge in [0.1, 0.15) is 11.8 Å². The first-order valence-corrected chi connectivity index (χ1v) is 11.3. The molecule has 4 rings (SSSR count). The first kappa shape index (κ1) is 21.5. The lowest BCUT2D eigenvalue weighted by atomic mass is 9.98. The van der Waals surface area contributed by atoms with Gasteiger partial charge in [-0.2, -0.15) is 0 Å². The molecule has 0 amide bonds. The van der Waals surface area contributed by atoms with E-state index in [-0.39, 0.29) is 17.1 Å². The Hall–Kier alpha value is -2.74. The quantitative estimate of drug-likeness (QED) is 0.623. The van der Waals surface area contributed by atoms with Crippen LogP contribution in [0.15, 0.2) is 29.1 Å². The molecule has 3 heterocycles. The van der Waals surface area contributed by atoms with Crippen molar-refractivity contribution in [2.24, 2.45) is 0 Å². The minimum atomic E-state index is -0.301. The molecule has 8 heteroatoms. The van der Waals surface area contributed by atoms with E-state index < -0.39 is 0 Å². The molecule has 0 saturated carbocycles. The number of hydrogen-bond donors (Lipinski definition) is 1. The van der Waals surface area contributed by atoms with Crippen LogP contribution in [0.5, 0.6) is 5.75 Å². The number of H-pyrrole nitrogens is 1. The maximum absolute atomic E-state index is 13.3. The number of aromatic nitrogens is 5. The van der Waals surface area contributed by atoms with Gasteiger partial charge in [-0.3, -0.25) is 9.69 Å². The average Bonchev–Trinajstić information content (AvgIpc) is 3.26. The van der Waals surface area contributed by atoms with Crippen LogP contribution in [0, 0.1) is 0 Å². The van der Waals surface area contributed by atoms with E-state index in [1.165, 1.54) is 6.42 Å². The number of hydrogen-bond acceptors (Lipinski definition) is 6. The Morgan fingerprint density at radius 1 is 1.16 bits per heavy atom. The van der Waals surface area contributed by atoms with Gasteiger partial charge < -0.3 is 9.72 Å². The highest BCUT2D eigenvalue weighted by atomic mass is 16.5. The lowest BCUT2D eigenvalue weighted by Gasteiger charge is -2.35. The number of fused-ring (bicyclic) bond motifs is 1. The van der Waals surface area contributed by atoms with E-state index >= 15 is 0 Å². The predicted octanol–water partition coefficient (Wildman–Crippen LogP) is 3.63. The highest BCUT2D eigenvalue weighted by Crippen LogP contribution is 2.32. The Labute approximate surface area is 182 Å². The molecule has 0 aliphatic carbocycles. The molecular weight excluding hydrogens is 392 g/mol. The largest absolute Gasteiger partial charge is 0.494 e. The van der Waals surface area contributed by atoms with Crippen LogP contribution in [-0.4, -0.2) is 49.8 Å². The van der Waals surface area contributed by atoms with E-state index in [1.807, 2.05) is 35.9 Å². The number of nitrogens with one attached hydrogen (secondary N) is 1. The SMILES string of the molecule is CCOc1ccc2[nH]c(=O)c([C@@H](c3nnnn3C(C)(C)CC)N3CCCCC3)cc2c1. The Bertz CT molecular complexity index is 1100. The third kappa shape index (κ3) is 4.21. The molecule has 0 bridgehead atoms. The molecule has 8 nitrogen and oxygen atoms in total. The van der Waals surface area contributed by atoms with Crippen molar-refractivity contribution in [1.82, 2.24) is 30.1 Å². The standard InChI is InChI=1S/C23H32N6O2/c1-5-23(3,4)29-21(25-26-27-29)20(28-12-8-7-9-13-28)18-15-16-14-17(31-6-2)10-11-19(16)24-22(18)30/h10-11,14-15,20H,5-9,12-13H2,1-4H3,(H,24,30)/t20-/m0/s1. The number of rotatable bonds is 7. The molecule has 1 N–H and O–H groups in total. The molecule has 1 aliphatic rings. The molecule has 1 fully saturated rings. The van der Waals surface area contributed by atoms with Crippen molar-refractivity contribution in [3.63, 3.8) is 0 Å². The molecule has 0 unspecified atom stereocenters. The highest BCUT2D eigenvalue weighted by molar-refractivity contribution is 5.80. The zero-order valence-electron chi connectivity index (χ0n) is 18.9. The summed E-state index contributed by atoms with van der Waals surface area (Å²) in [6.45, 7) is 10.8. The summed E-state index contributed by atoms with van der Waals surface area (Å²) in [7, 11) is 0. The normalized spacial score (nSPS) is 16.5. The fourth-order valence-electron chi connectivity index (χ4n) is 4.28. The van der Waals surface area contributed by atoms with Crippen LogP contribution in [0.4, 0.5) is 0 Å². The minimum absolute atomic E-state index is 0.101. The Morgan fingerprint density at radius 3 is 2.65 bits per heavy atom. The fourth-order valence-corrected chi connectivity index (χ4v) is 4.28. The van der Waals surface area contributed by atoms with Crippen LogP contribution in [0.3, 0.4) is 0 Å². The number of likely N-dealkylation sites (tertiary alicyclic amines) is 1. The Kier molecular flexibility index (Phi) is 6.09. The maximum Gasteiger partial charge on any atom is 0.253 e. The fraction of sp³-hybridized carbons (Fsp3) is 0.565.